The van der Waals surface area contributed by atoms with Crippen LogP contribution in [0.5, 0.6) is 11.5 Å². The summed E-state index contributed by atoms with van der Waals surface area (Å²) in [6, 6.07) is 15.0. The minimum Gasteiger partial charge on any atom is -0.508 e. The average Bonchev–Trinajstić information content (AvgIpc) is 3.04. The van der Waals surface area contributed by atoms with Gasteiger partial charge in [-0.3, -0.25) is 4.79 Å². The van der Waals surface area contributed by atoms with Gasteiger partial charge in [0.15, 0.2) is 0 Å². The summed E-state index contributed by atoms with van der Waals surface area (Å²) >= 11 is 0. The number of ether oxygens (including phenoxy) is 1. The number of rotatable bonds is 28. The van der Waals surface area contributed by atoms with Crippen LogP contribution >= 0.6 is 0 Å². The van der Waals surface area contributed by atoms with Crippen LogP contribution in [-0.4, -0.2) is 22.8 Å². The van der Waals surface area contributed by atoms with Crippen LogP contribution in [0, 0.1) is 0 Å². The Labute approximate surface area is 276 Å². The zero-order chi connectivity index (χ0) is 32.4. The van der Waals surface area contributed by atoms with Gasteiger partial charge in [0.2, 0.25) is 0 Å². The van der Waals surface area contributed by atoms with Crippen LogP contribution in [0.3, 0.4) is 0 Å². The lowest BCUT2D eigenvalue weighted by Crippen LogP contribution is -2.23. The lowest BCUT2D eigenvalue weighted by molar-refractivity contribution is -0.143. The zero-order valence-corrected chi connectivity index (χ0v) is 29.0. The third-order valence-corrected chi connectivity index (χ3v) is 9.58. The normalized spacial score (nSPS) is 11.6. The Bertz CT molecular complexity index is 936. The highest BCUT2D eigenvalue weighted by molar-refractivity contribution is 5.69. The molecule has 0 amide bonds. The minimum absolute atomic E-state index is 0.0329. The number of phenols is 2. The summed E-state index contributed by atoms with van der Waals surface area (Å²) < 4.78 is 5.47. The van der Waals surface area contributed by atoms with Gasteiger partial charge >= 0.3 is 5.97 Å². The SMILES string of the molecule is CCCCCCCCCCCCCCCCCCOC(=O)CCCCCCCCC(C)(c1ccc(O)cc1)c1ccc(O)cc1. The van der Waals surface area contributed by atoms with E-state index in [-0.39, 0.29) is 22.9 Å². The van der Waals surface area contributed by atoms with Crippen molar-refractivity contribution in [3.8, 4) is 11.5 Å². The van der Waals surface area contributed by atoms with Gasteiger partial charge in [0.05, 0.1) is 6.61 Å². The highest BCUT2D eigenvalue weighted by Gasteiger charge is 2.28. The first kappa shape index (κ1) is 38.7. The molecule has 4 heteroatoms. The van der Waals surface area contributed by atoms with E-state index in [1.54, 1.807) is 24.3 Å². The van der Waals surface area contributed by atoms with Gasteiger partial charge < -0.3 is 14.9 Å². The molecule has 0 spiro atoms. The third-order valence-electron chi connectivity index (χ3n) is 9.58. The van der Waals surface area contributed by atoms with E-state index in [0.29, 0.717) is 13.0 Å². The molecule has 2 aromatic carbocycles. The summed E-state index contributed by atoms with van der Waals surface area (Å²) in [4.78, 5) is 12.1. The van der Waals surface area contributed by atoms with Gasteiger partial charge in [-0.15, -0.1) is 0 Å². The van der Waals surface area contributed by atoms with Crippen LogP contribution < -0.4 is 0 Å². The Balaban J connectivity index is 1.41. The van der Waals surface area contributed by atoms with E-state index in [0.717, 1.165) is 51.4 Å². The van der Waals surface area contributed by atoms with Gasteiger partial charge in [-0.1, -0.05) is 167 Å². The van der Waals surface area contributed by atoms with E-state index in [1.807, 2.05) is 24.3 Å². The molecular formula is C41H66O4. The summed E-state index contributed by atoms with van der Waals surface area (Å²) in [5.41, 5.74) is 2.16. The van der Waals surface area contributed by atoms with E-state index in [4.69, 9.17) is 4.74 Å². The molecule has 2 rings (SSSR count). The van der Waals surface area contributed by atoms with Gasteiger partial charge in [-0.05, 0) is 54.7 Å². The van der Waals surface area contributed by atoms with E-state index >= 15 is 0 Å². The second kappa shape index (κ2) is 24.7. The first-order valence-corrected chi connectivity index (χ1v) is 18.7. The molecule has 0 fully saturated rings. The van der Waals surface area contributed by atoms with Crippen molar-refractivity contribution in [3.63, 3.8) is 0 Å². The first-order valence-electron chi connectivity index (χ1n) is 18.7. The quantitative estimate of drug-likeness (QED) is 0.0732. The fraction of sp³-hybridized carbons (Fsp3) is 0.683. The number of esters is 1. The smallest absolute Gasteiger partial charge is 0.305 e. The molecule has 2 N–H and O–H groups in total. The van der Waals surface area contributed by atoms with Crippen LogP contribution in [0.1, 0.15) is 179 Å². The maximum absolute atomic E-state index is 12.1. The summed E-state index contributed by atoms with van der Waals surface area (Å²) in [6.45, 7) is 5.11. The lowest BCUT2D eigenvalue weighted by atomic mass is 9.72. The minimum atomic E-state index is -0.183. The zero-order valence-electron chi connectivity index (χ0n) is 29.0. The van der Waals surface area contributed by atoms with Crippen molar-refractivity contribution in [2.45, 2.75) is 173 Å². The summed E-state index contributed by atoms with van der Waals surface area (Å²) in [5, 5.41) is 19.5. The second-order valence-electron chi connectivity index (χ2n) is 13.6. The average molecular weight is 623 g/mol. The molecule has 0 atom stereocenters. The highest BCUT2D eigenvalue weighted by Crippen LogP contribution is 2.38. The maximum atomic E-state index is 12.1. The highest BCUT2D eigenvalue weighted by atomic mass is 16.5. The molecule has 0 aromatic heterocycles. The van der Waals surface area contributed by atoms with Crippen LogP contribution in [-0.2, 0) is 14.9 Å². The molecule has 2 aromatic rings. The first-order chi connectivity index (χ1) is 22.0. The van der Waals surface area contributed by atoms with Crippen LogP contribution in [0.2, 0.25) is 0 Å². The molecule has 0 radical (unpaired) electrons. The van der Waals surface area contributed by atoms with Crippen molar-refractivity contribution in [1.82, 2.24) is 0 Å². The Hall–Kier alpha value is -2.49. The van der Waals surface area contributed by atoms with Gasteiger partial charge in [-0.2, -0.15) is 0 Å². The number of aromatic hydroxyl groups is 2. The van der Waals surface area contributed by atoms with Gasteiger partial charge in [0.25, 0.3) is 0 Å². The Morgan fingerprint density at radius 3 is 1.31 bits per heavy atom. The molecule has 0 aliphatic carbocycles. The van der Waals surface area contributed by atoms with Crippen molar-refractivity contribution >= 4 is 5.97 Å². The lowest BCUT2D eigenvalue weighted by Gasteiger charge is -2.31. The predicted molar refractivity (Wildman–Crippen MR) is 190 cm³/mol. The van der Waals surface area contributed by atoms with E-state index in [2.05, 4.69) is 13.8 Å². The van der Waals surface area contributed by atoms with Gasteiger partial charge in [0.1, 0.15) is 11.5 Å². The van der Waals surface area contributed by atoms with Crippen molar-refractivity contribution in [3.05, 3.63) is 59.7 Å². The van der Waals surface area contributed by atoms with Gasteiger partial charge in [0, 0.05) is 11.8 Å². The molecule has 0 unspecified atom stereocenters. The third kappa shape index (κ3) is 17.7. The summed E-state index contributed by atoms with van der Waals surface area (Å²) in [7, 11) is 0. The molecule has 0 saturated carbocycles. The molecule has 45 heavy (non-hydrogen) atoms. The fourth-order valence-electron chi connectivity index (χ4n) is 6.48. The molecule has 254 valence electrons. The number of phenolic OH excluding ortho intramolecular Hbond substituents is 2. The van der Waals surface area contributed by atoms with Crippen LogP contribution in [0.4, 0.5) is 0 Å². The van der Waals surface area contributed by atoms with Crippen LogP contribution in [0.15, 0.2) is 48.5 Å². The topological polar surface area (TPSA) is 66.8 Å². The molecule has 0 bridgehead atoms. The standard InChI is InChI=1S/C41H66O4/c1-3-4-5-6-7-8-9-10-11-12-13-14-15-18-21-24-35-45-40(44)25-22-19-16-17-20-23-34-41(2,36-26-30-38(42)31-27-36)37-28-32-39(43)33-29-37/h26-33,42-43H,3-25,34-35H2,1-2H3. The number of hydrogen-bond donors (Lipinski definition) is 2. The Morgan fingerprint density at radius 2 is 0.889 bits per heavy atom. The number of carbonyl (C=O) groups is 1. The molecule has 4 nitrogen and oxygen atoms in total. The van der Waals surface area contributed by atoms with Crippen molar-refractivity contribution in [1.29, 1.82) is 0 Å². The Kier molecular flexibility index (Phi) is 21.2. The van der Waals surface area contributed by atoms with Crippen LogP contribution in [0.25, 0.3) is 0 Å². The molecule has 0 saturated heterocycles. The van der Waals surface area contributed by atoms with E-state index in [1.165, 1.54) is 107 Å². The Morgan fingerprint density at radius 1 is 0.533 bits per heavy atom. The number of unbranched alkanes of at least 4 members (excludes halogenated alkanes) is 20. The number of benzene rings is 2. The largest absolute Gasteiger partial charge is 0.508 e. The van der Waals surface area contributed by atoms with Crippen molar-refractivity contribution < 1.29 is 19.7 Å². The fourth-order valence-corrected chi connectivity index (χ4v) is 6.48. The maximum Gasteiger partial charge on any atom is 0.305 e. The van der Waals surface area contributed by atoms with Crippen molar-refractivity contribution in [2.75, 3.05) is 6.61 Å². The van der Waals surface area contributed by atoms with E-state index in [9.17, 15) is 15.0 Å². The molecule has 0 heterocycles. The second-order valence-corrected chi connectivity index (χ2v) is 13.6. The van der Waals surface area contributed by atoms with Gasteiger partial charge in [-0.25, -0.2) is 0 Å². The van der Waals surface area contributed by atoms with E-state index < -0.39 is 0 Å². The van der Waals surface area contributed by atoms with Crippen molar-refractivity contribution in [2.24, 2.45) is 0 Å². The monoisotopic (exact) mass is 622 g/mol. The molecular weight excluding hydrogens is 556 g/mol. The molecule has 0 aliphatic heterocycles. The molecule has 0 aliphatic rings. The number of carbonyl (C=O) groups excluding carboxylic acids is 1. The predicted octanol–water partition coefficient (Wildman–Crippen LogP) is 12.3. The number of hydrogen-bond acceptors (Lipinski definition) is 4. The summed E-state index contributed by atoms with van der Waals surface area (Å²) in [6.07, 6.45) is 29.7. The summed E-state index contributed by atoms with van der Waals surface area (Å²) in [5.74, 6) is 0.515.